The molecular formula is C22H30ClN5O2. The maximum absolute atomic E-state index is 12.5. The number of hydrogen-bond donors (Lipinski definition) is 3. The number of carbonyl (C=O) groups is 1. The first-order chi connectivity index (χ1) is 14.7. The van der Waals surface area contributed by atoms with E-state index in [1.165, 1.54) is 0 Å². The average molecular weight is 432 g/mol. The Morgan fingerprint density at radius 1 is 1.33 bits per heavy atom. The summed E-state index contributed by atoms with van der Waals surface area (Å²) in [6.07, 6.45) is 10.6. The number of ether oxygens (including phenoxy) is 1. The highest BCUT2D eigenvalue weighted by Crippen LogP contribution is 2.29. The Balaban J connectivity index is 1.40. The summed E-state index contributed by atoms with van der Waals surface area (Å²) in [7, 11) is 0. The molecule has 3 aliphatic heterocycles. The first-order valence-corrected chi connectivity index (χ1v) is 11.3. The van der Waals surface area contributed by atoms with Crippen molar-refractivity contribution in [2.75, 3.05) is 38.2 Å². The van der Waals surface area contributed by atoms with Gasteiger partial charge in [-0.05, 0) is 62.3 Å². The summed E-state index contributed by atoms with van der Waals surface area (Å²) in [5.74, 6) is 2.01. The van der Waals surface area contributed by atoms with Crippen molar-refractivity contribution in [2.45, 2.75) is 38.1 Å². The molecule has 4 rings (SSSR count). The van der Waals surface area contributed by atoms with Crippen LogP contribution < -0.4 is 16.0 Å². The molecule has 0 spiro atoms. The van der Waals surface area contributed by atoms with Crippen LogP contribution in [0.2, 0.25) is 5.02 Å². The first-order valence-electron chi connectivity index (χ1n) is 10.9. The van der Waals surface area contributed by atoms with Gasteiger partial charge >= 0.3 is 0 Å². The number of aromatic nitrogens is 1. The van der Waals surface area contributed by atoms with E-state index in [1.54, 1.807) is 6.20 Å². The zero-order chi connectivity index (χ0) is 20.8. The zero-order valence-electron chi connectivity index (χ0n) is 17.2. The monoisotopic (exact) mass is 431 g/mol. The molecule has 0 aliphatic carbocycles. The molecule has 2 atom stereocenters. The molecule has 2 fully saturated rings. The number of nitrogens with one attached hydrogen (secondary N) is 3. The van der Waals surface area contributed by atoms with Gasteiger partial charge in [-0.2, -0.15) is 0 Å². The summed E-state index contributed by atoms with van der Waals surface area (Å²) in [5.41, 5.74) is 0.923. The molecule has 3 aliphatic rings. The predicted molar refractivity (Wildman–Crippen MR) is 119 cm³/mol. The highest BCUT2D eigenvalue weighted by Gasteiger charge is 2.23. The lowest BCUT2D eigenvalue weighted by Crippen LogP contribution is -2.37. The lowest BCUT2D eigenvalue weighted by molar-refractivity contribution is -0.120. The highest BCUT2D eigenvalue weighted by atomic mass is 35.5. The second-order valence-electron chi connectivity index (χ2n) is 8.24. The van der Waals surface area contributed by atoms with Gasteiger partial charge in [0.25, 0.3) is 0 Å². The van der Waals surface area contributed by atoms with Crippen LogP contribution >= 0.6 is 11.6 Å². The molecule has 1 aromatic heterocycles. The van der Waals surface area contributed by atoms with Gasteiger partial charge in [-0.3, -0.25) is 9.79 Å². The standard InChI is InChI=1S/C22H30ClN5O2/c23-18-14-26-21(28-22(29)16-3-2-8-24-13-16)11-17(18)19-4-1-5-20(27-19)25-12-15-6-9-30-10-7-15/h1,5,11,14-16,19,24H,2-4,6-10,12-13H2,(H,25,27)(H,26,28,29). The second kappa shape index (κ2) is 10.4. The Bertz CT molecular complexity index is 801. The van der Waals surface area contributed by atoms with Crippen LogP contribution in [0.1, 0.15) is 43.7 Å². The number of carbonyl (C=O) groups excluding carboxylic acids is 1. The third kappa shape index (κ3) is 5.59. The first kappa shape index (κ1) is 21.3. The fraction of sp³-hybridized carbons (Fsp3) is 0.591. The number of hydrogen-bond acceptors (Lipinski definition) is 5. The van der Waals surface area contributed by atoms with E-state index < -0.39 is 0 Å². The van der Waals surface area contributed by atoms with Gasteiger partial charge in [0.15, 0.2) is 0 Å². The number of rotatable bonds is 5. The van der Waals surface area contributed by atoms with Crippen molar-refractivity contribution in [1.29, 1.82) is 0 Å². The predicted octanol–water partition coefficient (Wildman–Crippen LogP) is 3.09. The Kier molecular flexibility index (Phi) is 7.36. The summed E-state index contributed by atoms with van der Waals surface area (Å²) >= 11 is 6.46. The van der Waals surface area contributed by atoms with Crippen molar-refractivity contribution < 1.29 is 9.53 Å². The normalized spacial score (nSPS) is 26.4. The Hall–Kier alpha value is -1.96. The molecular weight excluding hydrogens is 402 g/mol. The van der Waals surface area contributed by atoms with E-state index in [0.29, 0.717) is 23.3 Å². The van der Waals surface area contributed by atoms with Gasteiger partial charge in [-0.1, -0.05) is 17.7 Å². The Morgan fingerprint density at radius 3 is 3.00 bits per heavy atom. The van der Waals surface area contributed by atoms with E-state index in [0.717, 1.165) is 69.8 Å². The lowest BCUT2D eigenvalue weighted by Gasteiger charge is -2.25. The third-order valence-electron chi connectivity index (χ3n) is 6.01. The number of halogens is 1. The van der Waals surface area contributed by atoms with Gasteiger partial charge in [-0.25, -0.2) is 4.98 Å². The van der Waals surface area contributed by atoms with Gasteiger partial charge in [0.05, 0.1) is 17.0 Å². The van der Waals surface area contributed by atoms with E-state index in [2.05, 4.69) is 27.0 Å². The summed E-state index contributed by atoms with van der Waals surface area (Å²) in [4.78, 5) is 21.6. The van der Waals surface area contributed by atoms with Crippen molar-refractivity contribution in [3.63, 3.8) is 0 Å². The molecule has 0 radical (unpaired) electrons. The third-order valence-corrected chi connectivity index (χ3v) is 6.33. The highest BCUT2D eigenvalue weighted by molar-refractivity contribution is 6.31. The fourth-order valence-electron chi connectivity index (χ4n) is 4.15. The lowest BCUT2D eigenvalue weighted by atomic mass is 9.98. The molecule has 1 amide bonds. The van der Waals surface area contributed by atoms with Crippen molar-refractivity contribution in [3.05, 3.63) is 35.0 Å². The Labute approximate surface area is 182 Å². The molecule has 3 N–H and O–H groups in total. The van der Waals surface area contributed by atoms with Crippen LogP contribution in [0.5, 0.6) is 0 Å². The molecule has 0 saturated carbocycles. The smallest absolute Gasteiger partial charge is 0.229 e. The van der Waals surface area contributed by atoms with Crippen molar-refractivity contribution >= 4 is 29.2 Å². The van der Waals surface area contributed by atoms with E-state index in [1.807, 2.05) is 12.1 Å². The molecule has 0 bridgehead atoms. The quantitative estimate of drug-likeness (QED) is 0.666. The number of amides is 1. The largest absolute Gasteiger partial charge is 0.381 e. The summed E-state index contributed by atoms with van der Waals surface area (Å²) in [5, 5.41) is 10.3. The van der Waals surface area contributed by atoms with Crippen LogP contribution in [0.25, 0.3) is 0 Å². The molecule has 2 saturated heterocycles. The van der Waals surface area contributed by atoms with Crippen LogP contribution in [-0.4, -0.2) is 49.6 Å². The van der Waals surface area contributed by atoms with Crippen LogP contribution in [0, 0.1) is 11.8 Å². The van der Waals surface area contributed by atoms with E-state index in [-0.39, 0.29) is 17.9 Å². The van der Waals surface area contributed by atoms with Crippen LogP contribution in [0.3, 0.4) is 0 Å². The van der Waals surface area contributed by atoms with Crippen LogP contribution in [0.4, 0.5) is 5.82 Å². The van der Waals surface area contributed by atoms with E-state index >= 15 is 0 Å². The molecule has 8 heteroatoms. The molecule has 0 aromatic carbocycles. The number of aliphatic imine (C=N–C) groups is 1. The molecule has 2 unspecified atom stereocenters. The molecule has 162 valence electrons. The summed E-state index contributed by atoms with van der Waals surface area (Å²) in [6, 6.07) is 1.88. The second-order valence-corrected chi connectivity index (χ2v) is 8.65. The number of piperidine rings is 1. The van der Waals surface area contributed by atoms with Gasteiger partial charge < -0.3 is 20.7 Å². The minimum atomic E-state index is -0.0145. The summed E-state index contributed by atoms with van der Waals surface area (Å²) < 4.78 is 5.42. The van der Waals surface area contributed by atoms with Crippen LogP contribution in [-0.2, 0) is 9.53 Å². The van der Waals surface area contributed by atoms with Crippen LogP contribution in [0.15, 0.2) is 29.4 Å². The molecule has 7 nitrogen and oxygen atoms in total. The number of amidine groups is 1. The maximum Gasteiger partial charge on any atom is 0.229 e. The van der Waals surface area contributed by atoms with Crippen molar-refractivity contribution in [1.82, 2.24) is 15.6 Å². The van der Waals surface area contributed by atoms with E-state index in [9.17, 15) is 4.79 Å². The molecule has 1 aromatic rings. The minimum Gasteiger partial charge on any atom is -0.381 e. The maximum atomic E-state index is 12.5. The van der Waals surface area contributed by atoms with Crippen molar-refractivity contribution in [3.8, 4) is 0 Å². The summed E-state index contributed by atoms with van der Waals surface area (Å²) in [6.45, 7) is 4.17. The Morgan fingerprint density at radius 2 is 2.20 bits per heavy atom. The number of anilines is 1. The SMILES string of the molecule is O=C(Nc1cc(C2CC=CC(=NCC3CCOCC3)N2)c(Cl)cn1)C1CCCNC1. The molecule has 4 heterocycles. The minimum absolute atomic E-state index is 0.00550. The number of pyridine rings is 1. The van der Waals surface area contributed by atoms with Gasteiger partial charge in [0, 0.05) is 32.5 Å². The van der Waals surface area contributed by atoms with Gasteiger partial charge in [-0.15, -0.1) is 0 Å². The average Bonchev–Trinajstić information content (AvgIpc) is 2.80. The topological polar surface area (TPSA) is 87.6 Å². The van der Waals surface area contributed by atoms with Crippen molar-refractivity contribution in [2.24, 2.45) is 16.8 Å². The zero-order valence-corrected chi connectivity index (χ0v) is 18.0. The van der Waals surface area contributed by atoms with E-state index in [4.69, 9.17) is 21.3 Å². The fourth-order valence-corrected chi connectivity index (χ4v) is 4.39. The number of nitrogens with zero attached hydrogens (tertiary/aromatic N) is 2. The molecule has 30 heavy (non-hydrogen) atoms. The van der Waals surface area contributed by atoms with Gasteiger partial charge in [0.2, 0.25) is 5.91 Å². The van der Waals surface area contributed by atoms with Gasteiger partial charge in [0.1, 0.15) is 11.7 Å².